The molecule has 1 aromatic carbocycles. The van der Waals surface area contributed by atoms with Crippen molar-refractivity contribution in [1.82, 2.24) is 4.31 Å². The van der Waals surface area contributed by atoms with Gasteiger partial charge in [-0.1, -0.05) is 19.4 Å². The second-order valence-corrected chi connectivity index (χ2v) is 7.08. The number of benzene rings is 1. The Bertz CT molecular complexity index is 587. The molecule has 0 aliphatic heterocycles. The lowest BCUT2D eigenvalue weighted by Crippen LogP contribution is -2.44. The molecule has 0 saturated heterocycles. The van der Waals surface area contributed by atoms with E-state index in [-0.39, 0.29) is 18.5 Å². The molecule has 0 radical (unpaired) electrons. The van der Waals surface area contributed by atoms with Gasteiger partial charge in [0.1, 0.15) is 11.6 Å². The van der Waals surface area contributed by atoms with Gasteiger partial charge in [-0.05, 0) is 37.4 Å². The molecule has 0 amide bonds. The first kappa shape index (κ1) is 16.3. The number of nitrogens with zero attached hydrogens (tertiary/aromatic N) is 1. The van der Waals surface area contributed by atoms with Crippen molar-refractivity contribution in [2.45, 2.75) is 37.1 Å². The third-order valence-corrected chi connectivity index (χ3v) is 6.14. The molecular weight excluding hydrogens is 298 g/mol. The number of hydrogen-bond donors (Lipinski definition) is 1. The molecule has 1 fully saturated rings. The minimum atomic E-state index is -4.21. The smallest absolute Gasteiger partial charge is 0.249 e. The van der Waals surface area contributed by atoms with E-state index in [1.54, 1.807) is 6.92 Å². The molecule has 21 heavy (non-hydrogen) atoms. The molecular formula is C14H20F2N2O2S. The summed E-state index contributed by atoms with van der Waals surface area (Å²) in [6, 6.07) is 2.78. The van der Waals surface area contributed by atoms with Crippen LogP contribution in [0.4, 0.5) is 8.78 Å². The van der Waals surface area contributed by atoms with Crippen LogP contribution in [0.1, 0.15) is 26.2 Å². The van der Waals surface area contributed by atoms with Gasteiger partial charge in [-0.25, -0.2) is 17.2 Å². The second-order valence-electron chi connectivity index (χ2n) is 5.25. The fourth-order valence-electron chi connectivity index (χ4n) is 3.10. The summed E-state index contributed by atoms with van der Waals surface area (Å²) in [7, 11) is -4.21. The number of nitrogens with two attached hydrogens (primary N) is 1. The molecule has 7 heteroatoms. The quantitative estimate of drug-likeness (QED) is 0.904. The topological polar surface area (TPSA) is 63.4 Å². The summed E-state index contributed by atoms with van der Waals surface area (Å²) < 4.78 is 54.2. The van der Waals surface area contributed by atoms with Crippen LogP contribution in [0.3, 0.4) is 0 Å². The van der Waals surface area contributed by atoms with E-state index >= 15 is 0 Å². The van der Waals surface area contributed by atoms with Crippen molar-refractivity contribution >= 4 is 10.0 Å². The average molecular weight is 318 g/mol. The number of rotatable bonds is 5. The van der Waals surface area contributed by atoms with Gasteiger partial charge in [-0.15, -0.1) is 0 Å². The van der Waals surface area contributed by atoms with Gasteiger partial charge in [-0.3, -0.25) is 0 Å². The highest BCUT2D eigenvalue weighted by atomic mass is 32.2. The molecule has 2 unspecified atom stereocenters. The molecule has 0 aromatic heterocycles. The third-order valence-electron chi connectivity index (χ3n) is 4.09. The Morgan fingerprint density at radius 3 is 2.43 bits per heavy atom. The minimum Gasteiger partial charge on any atom is -0.330 e. The van der Waals surface area contributed by atoms with Crippen LogP contribution in [0.5, 0.6) is 0 Å². The van der Waals surface area contributed by atoms with Crippen molar-refractivity contribution in [1.29, 1.82) is 0 Å². The Morgan fingerprint density at radius 2 is 1.90 bits per heavy atom. The number of halogens is 2. The van der Waals surface area contributed by atoms with Crippen LogP contribution in [0, 0.1) is 17.6 Å². The maximum atomic E-state index is 13.8. The zero-order valence-electron chi connectivity index (χ0n) is 11.9. The summed E-state index contributed by atoms with van der Waals surface area (Å²) in [5.41, 5.74) is 5.69. The van der Waals surface area contributed by atoms with E-state index in [0.717, 1.165) is 31.0 Å². The van der Waals surface area contributed by atoms with E-state index in [0.29, 0.717) is 13.0 Å². The number of sulfonamides is 1. The molecule has 4 nitrogen and oxygen atoms in total. The molecule has 0 spiro atoms. The van der Waals surface area contributed by atoms with E-state index in [1.165, 1.54) is 4.31 Å². The predicted octanol–water partition coefficient (Wildman–Crippen LogP) is 2.10. The first-order valence-corrected chi connectivity index (χ1v) is 8.53. The van der Waals surface area contributed by atoms with Gasteiger partial charge in [0.2, 0.25) is 10.0 Å². The standard InChI is InChI=1S/C14H20F2N2O2S/c1-2-18(13-8-3-5-10(13)9-17)21(19,20)14-11(15)6-4-7-12(14)16/h4,6-7,10,13H,2-3,5,8-9,17H2,1H3. The van der Waals surface area contributed by atoms with Gasteiger partial charge in [0.25, 0.3) is 0 Å². The van der Waals surface area contributed by atoms with Crippen LogP contribution in [-0.2, 0) is 10.0 Å². The van der Waals surface area contributed by atoms with Crippen LogP contribution in [0.15, 0.2) is 23.1 Å². The summed E-state index contributed by atoms with van der Waals surface area (Å²) in [5, 5.41) is 0. The summed E-state index contributed by atoms with van der Waals surface area (Å²) in [5.74, 6) is -2.08. The fraction of sp³-hybridized carbons (Fsp3) is 0.571. The summed E-state index contributed by atoms with van der Waals surface area (Å²) >= 11 is 0. The summed E-state index contributed by atoms with van der Waals surface area (Å²) in [6.07, 6.45) is 2.39. The molecule has 1 aliphatic rings. The number of hydrogen-bond acceptors (Lipinski definition) is 3. The van der Waals surface area contributed by atoms with Gasteiger partial charge < -0.3 is 5.73 Å². The van der Waals surface area contributed by atoms with Gasteiger partial charge in [0.05, 0.1) is 0 Å². The van der Waals surface area contributed by atoms with Crippen molar-refractivity contribution in [2.24, 2.45) is 11.7 Å². The Kier molecular flexibility index (Phi) is 4.95. The predicted molar refractivity (Wildman–Crippen MR) is 76.1 cm³/mol. The highest BCUT2D eigenvalue weighted by Gasteiger charge is 2.39. The zero-order chi connectivity index (χ0) is 15.6. The Hall–Kier alpha value is -1.05. The maximum Gasteiger partial charge on any atom is 0.249 e. The van der Waals surface area contributed by atoms with E-state index in [9.17, 15) is 17.2 Å². The SMILES string of the molecule is CCN(C1CCCC1CN)S(=O)(=O)c1c(F)cccc1F. The summed E-state index contributed by atoms with van der Waals surface area (Å²) in [6.45, 7) is 2.20. The van der Waals surface area contributed by atoms with Crippen molar-refractivity contribution in [3.05, 3.63) is 29.8 Å². The largest absolute Gasteiger partial charge is 0.330 e. The molecule has 0 bridgehead atoms. The Balaban J connectivity index is 2.45. The van der Waals surface area contributed by atoms with Gasteiger partial charge in [0.15, 0.2) is 4.90 Å². The van der Waals surface area contributed by atoms with E-state index < -0.39 is 26.6 Å². The van der Waals surface area contributed by atoms with E-state index in [2.05, 4.69) is 0 Å². The van der Waals surface area contributed by atoms with Gasteiger partial charge in [-0.2, -0.15) is 4.31 Å². The molecule has 1 aliphatic carbocycles. The van der Waals surface area contributed by atoms with Crippen molar-refractivity contribution in [3.8, 4) is 0 Å². The van der Waals surface area contributed by atoms with Crippen LogP contribution >= 0.6 is 0 Å². The van der Waals surface area contributed by atoms with Gasteiger partial charge in [0, 0.05) is 12.6 Å². The van der Waals surface area contributed by atoms with Crippen LogP contribution in [-0.4, -0.2) is 31.9 Å². The van der Waals surface area contributed by atoms with Gasteiger partial charge >= 0.3 is 0 Å². The van der Waals surface area contributed by atoms with Crippen molar-refractivity contribution in [2.75, 3.05) is 13.1 Å². The average Bonchev–Trinajstić information content (AvgIpc) is 2.86. The molecule has 2 N–H and O–H groups in total. The maximum absolute atomic E-state index is 13.8. The van der Waals surface area contributed by atoms with E-state index in [4.69, 9.17) is 5.73 Å². The molecule has 2 atom stereocenters. The molecule has 118 valence electrons. The molecule has 0 heterocycles. The normalized spacial score (nSPS) is 22.9. The second kappa shape index (κ2) is 6.37. The van der Waals surface area contributed by atoms with Crippen LogP contribution in [0.2, 0.25) is 0 Å². The first-order chi connectivity index (χ1) is 9.93. The highest BCUT2D eigenvalue weighted by Crippen LogP contribution is 2.33. The van der Waals surface area contributed by atoms with Crippen molar-refractivity contribution < 1.29 is 17.2 Å². The molecule has 2 rings (SSSR count). The van der Waals surface area contributed by atoms with Crippen LogP contribution in [0.25, 0.3) is 0 Å². The third kappa shape index (κ3) is 2.95. The molecule has 1 saturated carbocycles. The lowest BCUT2D eigenvalue weighted by molar-refractivity contribution is 0.274. The van der Waals surface area contributed by atoms with E-state index in [1.807, 2.05) is 0 Å². The summed E-state index contributed by atoms with van der Waals surface area (Å²) in [4.78, 5) is -0.866. The molecule has 1 aromatic rings. The minimum absolute atomic E-state index is 0.0366. The fourth-order valence-corrected chi connectivity index (χ4v) is 4.94. The zero-order valence-corrected chi connectivity index (χ0v) is 12.7. The van der Waals surface area contributed by atoms with Crippen molar-refractivity contribution in [3.63, 3.8) is 0 Å². The lowest BCUT2D eigenvalue weighted by atomic mass is 10.0. The Morgan fingerprint density at radius 1 is 1.29 bits per heavy atom. The first-order valence-electron chi connectivity index (χ1n) is 7.09. The highest BCUT2D eigenvalue weighted by molar-refractivity contribution is 7.89. The monoisotopic (exact) mass is 318 g/mol. The van der Waals surface area contributed by atoms with Crippen LogP contribution < -0.4 is 5.73 Å². The Labute approximate surface area is 124 Å². The lowest BCUT2D eigenvalue weighted by Gasteiger charge is -2.31.